The van der Waals surface area contributed by atoms with E-state index in [0.29, 0.717) is 6.61 Å². The molecule has 2 aliphatic carbocycles. The fourth-order valence-electron chi connectivity index (χ4n) is 3.13. The summed E-state index contributed by atoms with van der Waals surface area (Å²) in [6, 6.07) is 0.781. The van der Waals surface area contributed by atoms with Crippen molar-refractivity contribution >= 4 is 0 Å². The quantitative estimate of drug-likeness (QED) is 0.642. The van der Waals surface area contributed by atoms with Crippen molar-refractivity contribution in [2.45, 2.75) is 51.0 Å². The van der Waals surface area contributed by atoms with Crippen LogP contribution in [0.4, 0.5) is 0 Å². The average Bonchev–Trinajstić information content (AvgIpc) is 3.22. The lowest BCUT2D eigenvalue weighted by Gasteiger charge is -2.30. The first kappa shape index (κ1) is 14.3. The second kappa shape index (κ2) is 8.13. The van der Waals surface area contributed by atoms with Crippen LogP contribution in [0, 0.1) is 11.8 Å². The maximum absolute atomic E-state index is 5.47. The molecule has 0 radical (unpaired) electrons. The highest BCUT2D eigenvalue weighted by atomic mass is 16.5. The molecule has 0 aromatic heterocycles. The van der Waals surface area contributed by atoms with Gasteiger partial charge in [-0.25, -0.2) is 0 Å². The summed E-state index contributed by atoms with van der Waals surface area (Å²) in [7, 11) is 1.71. The van der Waals surface area contributed by atoms with Gasteiger partial charge in [0.1, 0.15) is 0 Å². The van der Waals surface area contributed by atoms with Crippen molar-refractivity contribution in [2.24, 2.45) is 11.8 Å². The summed E-state index contributed by atoms with van der Waals surface area (Å²) < 4.78 is 10.4. The number of hydrogen-bond acceptors (Lipinski definition) is 3. The third kappa shape index (κ3) is 5.25. The fourth-order valence-corrected chi connectivity index (χ4v) is 3.13. The van der Waals surface area contributed by atoms with Crippen LogP contribution in [0.2, 0.25) is 0 Å². The summed E-state index contributed by atoms with van der Waals surface area (Å²) in [4.78, 5) is 0. The minimum atomic E-state index is 0.707. The number of rotatable bonds is 9. The van der Waals surface area contributed by atoms with E-state index in [1.54, 1.807) is 7.11 Å². The molecule has 0 aromatic rings. The number of methoxy groups -OCH3 is 1. The van der Waals surface area contributed by atoms with Crippen molar-refractivity contribution in [3.05, 3.63) is 0 Å². The molecule has 18 heavy (non-hydrogen) atoms. The lowest BCUT2D eigenvalue weighted by atomic mass is 9.83. The minimum Gasteiger partial charge on any atom is -0.382 e. The van der Waals surface area contributed by atoms with Gasteiger partial charge in [0, 0.05) is 19.8 Å². The number of hydrogen-bond donors (Lipinski definition) is 1. The Kier molecular flexibility index (Phi) is 6.46. The standard InChI is InChI=1S/C15H29NO2/c1-17-10-11-18-9-3-8-16-15-5-2-4-14(12-15)13-6-7-13/h13-16H,2-12H2,1H3. The van der Waals surface area contributed by atoms with E-state index in [2.05, 4.69) is 5.32 Å². The summed E-state index contributed by atoms with van der Waals surface area (Å²) in [5, 5.41) is 3.71. The molecule has 0 heterocycles. The molecular formula is C15H29NO2. The van der Waals surface area contributed by atoms with E-state index in [4.69, 9.17) is 9.47 Å². The van der Waals surface area contributed by atoms with Crippen LogP contribution in [0.25, 0.3) is 0 Å². The maximum atomic E-state index is 5.47. The predicted molar refractivity (Wildman–Crippen MR) is 73.8 cm³/mol. The molecule has 2 atom stereocenters. The molecule has 1 N–H and O–H groups in total. The van der Waals surface area contributed by atoms with Crippen LogP contribution in [-0.2, 0) is 9.47 Å². The Labute approximate surface area is 112 Å². The van der Waals surface area contributed by atoms with Gasteiger partial charge in [0.15, 0.2) is 0 Å². The molecule has 3 heteroatoms. The first-order chi connectivity index (χ1) is 8.90. The highest BCUT2D eigenvalue weighted by Gasteiger charge is 2.34. The van der Waals surface area contributed by atoms with Gasteiger partial charge in [-0.05, 0) is 50.5 Å². The van der Waals surface area contributed by atoms with Crippen LogP contribution in [0.3, 0.4) is 0 Å². The van der Waals surface area contributed by atoms with Crippen LogP contribution in [0.15, 0.2) is 0 Å². The van der Waals surface area contributed by atoms with Crippen LogP contribution in [-0.4, -0.2) is 39.5 Å². The molecule has 0 spiro atoms. The molecular weight excluding hydrogens is 226 g/mol. The molecule has 3 nitrogen and oxygen atoms in total. The normalized spacial score (nSPS) is 28.5. The predicted octanol–water partition coefficient (Wildman–Crippen LogP) is 2.60. The van der Waals surface area contributed by atoms with E-state index in [1.807, 2.05) is 0 Å². The summed E-state index contributed by atoms with van der Waals surface area (Å²) in [5.74, 6) is 2.13. The van der Waals surface area contributed by atoms with Crippen molar-refractivity contribution in [1.82, 2.24) is 5.32 Å². The lowest BCUT2D eigenvalue weighted by molar-refractivity contribution is 0.0689. The summed E-state index contributed by atoms with van der Waals surface area (Å²) in [5.41, 5.74) is 0. The molecule has 0 amide bonds. The van der Waals surface area contributed by atoms with E-state index in [-0.39, 0.29) is 0 Å². The van der Waals surface area contributed by atoms with Gasteiger partial charge in [0.2, 0.25) is 0 Å². The first-order valence-corrected chi connectivity index (χ1v) is 7.70. The first-order valence-electron chi connectivity index (χ1n) is 7.70. The molecule has 0 aromatic carbocycles. The molecule has 2 saturated carbocycles. The van der Waals surface area contributed by atoms with Crippen molar-refractivity contribution in [3.63, 3.8) is 0 Å². The Balaban J connectivity index is 1.45. The van der Waals surface area contributed by atoms with Crippen LogP contribution in [0.5, 0.6) is 0 Å². The van der Waals surface area contributed by atoms with E-state index in [0.717, 1.165) is 44.1 Å². The Hall–Kier alpha value is -0.120. The highest BCUT2D eigenvalue weighted by molar-refractivity contribution is 4.87. The van der Waals surface area contributed by atoms with Crippen molar-refractivity contribution in [3.8, 4) is 0 Å². The molecule has 0 saturated heterocycles. The van der Waals surface area contributed by atoms with Crippen molar-refractivity contribution < 1.29 is 9.47 Å². The van der Waals surface area contributed by atoms with Gasteiger partial charge in [0.05, 0.1) is 13.2 Å². The van der Waals surface area contributed by atoms with Crippen LogP contribution >= 0.6 is 0 Å². The van der Waals surface area contributed by atoms with Gasteiger partial charge in [-0.2, -0.15) is 0 Å². The van der Waals surface area contributed by atoms with Crippen LogP contribution in [0.1, 0.15) is 44.9 Å². The second-order valence-electron chi connectivity index (χ2n) is 5.87. The third-order valence-electron chi connectivity index (χ3n) is 4.33. The average molecular weight is 255 g/mol. The summed E-state index contributed by atoms with van der Waals surface area (Å²) in [6.45, 7) is 3.40. The van der Waals surface area contributed by atoms with E-state index in [1.165, 1.54) is 38.5 Å². The van der Waals surface area contributed by atoms with E-state index >= 15 is 0 Å². The monoisotopic (exact) mass is 255 g/mol. The van der Waals surface area contributed by atoms with Crippen LogP contribution < -0.4 is 5.32 Å². The largest absolute Gasteiger partial charge is 0.382 e. The second-order valence-corrected chi connectivity index (χ2v) is 5.87. The Bertz CT molecular complexity index is 219. The number of nitrogens with one attached hydrogen (secondary N) is 1. The third-order valence-corrected chi connectivity index (χ3v) is 4.33. The zero-order valence-corrected chi connectivity index (χ0v) is 11.8. The van der Waals surface area contributed by atoms with E-state index in [9.17, 15) is 0 Å². The Morgan fingerprint density at radius 1 is 1.00 bits per heavy atom. The van der Waals surface area contributed by atoms with Gasteiger partial charge in [-0.3, -0.25) is 0 Å². The molecule has 2 fully saturated rings. The summed E-state index contributed by atoms with van der Waals surface area (Å²) in [6.07, 6.45) is 9.86. The number of ether oxygens (including phenoxy) is 2. The van der Waals surface area contributed by atoms with Gasteiger partial charge < -0.3 is 14.8 Å². The van der Waals surface area contributed by atoms with Gasteiger partial charge in [0.25, 0.3) is 0 Å². The zero-order chi connectivity index (χ0) is 12.6. The highest BCUT2D eigenvalue weighted by Crippen LogP contribution is 2.43. The SMILES string of the molecule is COCCOCCCNC1CCCC(C2CC2)C1. The lowest BCUT2D eigenvalue weighted by Crippen LogP contribution is -2.35. The van der Waals surface area contributed by atoms with Gasteiger partial charge >= 0.3 is 0 Å². The topological polar surface area (TPSA) is 30.5 Å². The van der Waals surface area contributed by atoms with Crippen molar-refractivity contribution in [1.29, 1.82) is 0 Å². The Morgan fingerprint density at radius 3 is 2.67 bits per heavy atom. The smallest absolute Gasteiger partial charge is 0.0700 e. The molecule has 2 unspecified atom stereocenters. The molecule has 2 aliphatic rings. The van der Waals surface area contributed by atoms with Gasteiger partial charge in [-0.15, -0.1) is 0 Å². The Morgan fingerprint density at radius 2 is 1.89 bits per heavy atom. The molecule has 0 aliphatic heterocycles. The molecule has 106 valence electrons. The maximum Gasteiger partial charge on any atom is 0.0700 e. The minimum absolute atomic E-state index is 0.707. The summed E-state index contributed by atoms with van der Waals surface area (Å²) >= 11 is 0. The zero-order valence-electron chi connectivity index (χ0n) is 11.8. The van der Waals surface area contributed by atoms with E-state index < -0.39 is 0 Å². The molecule has 0 bridgehead atoms. The fraction of sp³-hybridized carbons (Fsp3) is 1.00. The molecule has 2 rings (SSSR count). The van der Waals surface area contributed by atoms with Gasteiger partial charge in [-0.1, -0.05) is 12.8 Å². The van der Waals surface area contributed by atoms with Crippen molar-refractivity contribution in [2.75, 3.05) is 33.5 Å².